The SMILES string of the molecule is COc1ccc2c(c1)C(=CC(=O)c1ccc(N)cc1)NC(C)(C)C2. The summed E-state index contributed by atoms with van der Waals surface area (Å²) in [4.78, 5) is 12.6. The molecule has 0 spiro atoms. The molecule has 24 heavy (non-hydrogen) atoms. The van der Waals surface area contributed by atoms with Gasteiger partial charge in [-0.2, -0.15) is 0 Å². The molecule has 2 aromatic rings. The van der Waals surface area contributed by atoms with E-state index in [1.165, 1.54) is 5.56 Å². The Bertz CT molecular complexity index is 805. The van der Waals surface area contributed by atoms with E-state index in [9.17, 15) is 4.79 Å². The molecule has 1 aliphatic heterocycles. The van der Waals surface area contributed by atoms with Crippen LogP contribution in [0.1, 0.15) is 35.3 Å². The Morgan fingerprint density at radius 2 is 1.92 bits per heavy atom. The number of rotatable bonds is 3. The molecule has 1 aliphatic rings. The van der Waals surface area contributed by atoms with Gasteiger partial charge < -0.3 is 15.8 Å². The third-order valence-corrected chi connectivity index (χ3v) is 4.18. The molecular formula is C20H22N2O2. The topological polar surface area (TPSA) is 64.3 Å². The Morgan fingerprint density at radius 3 is 2.58 bits per heavy atom. The van der Waals surface area contributed by atoms with E-state index in [-0.39, 0.29) is 11.3 Å². The number of ketones is 1. The largest absolute Gasteiger partial charge is 0.497 e. The number of nitrogens with two attached hydrogens (primary N) is 1. The van der Waals surface area contributed by atoms with Gasteiger partial charge >= 0.3 is 0 Å². The first kappa shape index (κ1) is 16.1. The van der Waals surface area contributed by atoms with Crippen molar-refractivity contribution < 1.29 is 9.53 Å². The number of hydrogen-bond acceptors (Lipinski definition) is 4. The van der Waals surface area contributed by atoms with Gasteiger partial charge in [0, 0.05) is 34.1 Å². The molecule has 0 saturated heterocycles. The summed E-state index contributed by atoms with van der Waals surface area (Å²) in [6.07, 6.45) is 2.55. The van der Waals surface area contributed by atoms with Crippen molar-refractivity contribution in [2.45, 2.75) is 25.8 Å². The van der Waals surface area contributed by atoms with Gasteiger partial charge in [0.15, 0.2) is 5.78 Å². The van der Waals surface area contributed by atoms with Crippen molar-refractivity contribution in [3.63, 3.8) is 0 Å². The zero-order valence-electron chi connectivity index (χ0n) is 14.2. The van der Waals surface area contributed by atoms with E-state index in [2.05, 4.69) is 25.2 Å². The first-order chi connectivity index (χ1) is 11.4. The maximum Gasteiger partial charge on any atom is 0.187 e. The fourth-order valence-electron chi connectivity index (χ4n) is 3.02. The van der Waals surface area contributed by atoms with Gasteiger partial charge in [0.1, 0.15) is 5.75 Å². The Balaban J connectivity index is 2.03. The summed E-state index contributed by atoms with van der Waals surface area (Å²) in [5, 5.41) is 3.47. The monoisotopic (exact) mass is 322 g/mol. The number of ether oxygens (including phenoxy) is 1. The number of nitrogens with one attached hydrogen (secondary N) is 1. The maximum atomic E-state index is 12.6. The van der Waals surface area contributed by atoms with Crippen LogP contribution < -0.4 is 15.8 Å². The molecule has 4 nitrogen and oxygen atoms in total. The molecule has 0 fully saturated rings. The Morgan fingerprint density at radius 1 is 1.21 bits per heavy atom. The van der Waals surface area contributed by atoms with Crippen LogP contribution in [0.5, 0.6) is 5.75 Å². The second-order valence-corrected chi connectivity index (χ2v) is 6.75. The van der Waals surface area contributed by atoms with E-state index in [1.807, 2.05) is 12.1 Å². The number of fused-ring (bicyclic) bond motifs is 1. The highest BCUT2D eigenvalue weighted by molar-refractivity contribution is 6.08. The summed E-state index contributed by atoms with van der Waals surface area (Å²) in [5.74, 6) is 0.727. The van der Waals surface area contributed by atoms with Crippen molar-refractivity contribution in [1.29, 1.82) is 0 Å². The lowest BCUT2D eigenvalue weighted by atomic mass is 9.85. The molecule has 4 heteroatoms. The van der Waals surface area contributed by atoms with Gasteiger partial charge in [-0.15, -0.1) is 0 Å². The highest BCUT2D eigenvalue weighted by Gasteiger charge is 2.28. The third-order valence-electron chi connectivity index (χ3n) is 4.18. The molecule has 1 heterocycles. The van der Waals surface area contributed by atoms with Gasteiger partial charge in [-0.05, 0) is 62.2 Å². The Labute approximate surface area is 142 Å². The zero-order chi connectivity index (χ0) is 17.3. The normalized spacial score (nSPS) is 17.0. The third kappa shape index (κ3) is 3.27. The lowest BCUT2D eigenvalue weighted by Gasteiger charge is -2.35. The molecule has 0 amide bonds. The van der Waals surface area contributed by atoms with Crippen LogP contribution in [0, 0.1) is 0 Å². The average molecular weight is 322 g/mol. The number of carbonyl (C=O) groups is 1. The maximum absolute atomic E-state index is 12.6. The fourth-order valence-corrected chi connectivity index (χ4v) is 3.02. The Kier molecular flexibility index (Phi) is 4.06. The van der Waals surface area contributed by atoms with E-state index in [0.29, 0.717) is 11.3 Å². The highest BCUT2D eigenvalue weighted by atomic mass is 16.5. The average Bonchev–Trinajstić information content (AvgIpc) is 2.54. The van der Waals surface area contributed by atoms with E-state index >= 15 is 0 Å². The standard InChI is InChI=1S/C20H22N2O2/c1-20(2)12-14-6-9-16(24-3)10-17(14)18(22-20)11-19(23)13-4-7-15(21)8-5-13/h4-11,22H,12,21H2,1-3H3. The summed E-state index contributed by atoms with van der Waals surface area (Å²) in [6.45, 7) is 4.25. The summed E-state index contributed by atoms with van der Waals surface area (Å²) in [5.41, 5.74) is 9.87. The van der Waals surface area contributed by atoms with Gasteiger partial charge in [-0.1, -0.05) is 6.07 Å². The first-order valence-electron chi connectivity index (χ1n) is 7.95. The summed E-state index contributed by atoms with van der Waals surface area (Å²) < 4.78 is 5.33. The predicted molar refractivity (Wildman–Crippen MR) is 97.1 cm³/mol. The van der Waals surface area contributed by atoms with Crippen molar-refractivity contribution in [3.05, 3.63) is 65.2 Å². The molecule has 3 rings (SSSR count). The molecule has 0 saturated carbocycles. The smallest absolute Gasteiger partial charge is 0.187 e. The molecule has 0 bridgehead atoms. The zero-order valence-corrected chi connectivity index (χ0v) is 14.2. The van der Waals surface area contributed by atoms with Crippen LogP contribution in [0.25, 0.3) is 5.70 Å². The summed E-state index contributed by atoms with van der Waals surface area (Å²) in [7, 11) is 1.64. The van der Waals surface area contributed by atoms with Crippen molar-refractivity contribution in [1.82, 2.24) is 5.32 Å². The number of methoxy groups -OCH3 is 1. The second kappa shape index (κ2) is 6.04. The van der Waals surface area contributed by atoms with E-state index < -0.39 is 0 Å². The highest BCUT2D eigenvalue weighted by Crippen LogP contribution is 2.32. The van der Waals surface area contributed by atoms with Crippen molar-refractivity contribution in [2.24, 2.45) is 0 Å². The van der Waals surface area contributed by atoms with Gasteiger partial charge in [0.2, 0.25) is 0 Å². The molecule has 124 valence electrons. The van der Waals surface area contributed by atoms with Gasteiger partial charge in [0.25, 0.3) is 0 Å². The molecule has 0 atom stereocenters. The van der Waals surface area contributed by atoms with Crippen LogP contribution in [-0.4, -0.2) is 18.4 Å². The molecular weight excluding hydrogens is 300 g/mol. The van der Waals surface area contributed by atoms with Crippen molar-refractivity contribution in [3.8, 4) is 5.75 Å². The predicted octanol–water partition coefficient (Wildman–Crippen LogP) is 3.43. The number of allylic oxidation sites excluding steroid dienone is 1. The molecule has 0 aromatic heterocycles. The van der Waals surface area contributed by atoms with Crippen LogP contribution in [0.3, 0.4) is 0 Å². The van der Waals surface area contributed by atoms with E-state index in [1.54, 1.807) is 37.5 Å². The number of nitrogen functional groups attached to an aromatic ring is 1. The lowest BCUT2D eigenvalue weighted by molar-refractivity contribution is 0.104. The van der Waals surface area contributed by atoms with Crippen LogP contribution in [-0.2, 0) is 6.42 Å². The first-order valence-corrected chi connectivity index (χ1v) is 7.95. The van der Waals surface area contributed by atoms with Crippen LogP contribution in [0.15, 0.2) is 48.5 Å². The fraction of sp³-hybridized carbons (Fsp3) is 0.250. The Hall–Kier alpha value is -2.75. The van der Waals surface area contributed by atoms with Crippen LogP contribution in [0.2, 0.25) is 0 Å². The minimum Gasteiger partial charge on any atom is -0.497 e. The summed E-state index contributed by atoms with van der Waals surface area (Å²) >= 11 is 0. The van der Waals surface area contributed by atoms with Gasteiger partial charge in [0.05, 0.1) is 7.11 Å². The number of benzene rings is 2. The van der Waals surface area contributed by atoms with E-state index in [0.717, 1.165) is 23.4 Å². The second-order valence-electron chi connectivity index (χ2n) is 6.75. The molecule has 3 N–H and O–H groups in total. The minimum atomic E-state index is -0.116. The summed E-state index contributed by atoms with van der Waals surface area (Å²) in [6, 6.07) is 13.0. The van der Waals surface area contributed by atoms with Crippen molar-refractivity contribution in [2.75, 3.05) is 12.8 Å². The van der Waals surface area contributed by atoms with Crippen molar-refractivity contribution >= 4 is 17.2 Å². The molecule has 0 aliphatic carbocycles. The molecule has 2 aromatic carbocycles. The quantitative estimate of drug-likeness (QED) is 0.516. The van der Waals surface area contributed by atoms with Crippen LogP contribution >= 0.6 is 0 Å². The number of hydrogen-bond donors (Lipinski definition) is 2. The lowest BCUT2D eigenvalue weighted by Crippen LogP contribution is -2.43. The molecule has 0 radical (unpaired) electrons. The van der Waals surface area contributed by atoms with Gasteiger partial charge in [-0.25, -0.2) is 0 Å². The van der Waals surface area contributed by atoms with Crippen LogP contribution in [0.4, 0.5) is 5.69 Å². The minimum absolute atomic E-state index is 0.0519. The molecule has 0 unspecified atom stereocenters. The van der Waals surface area contributed by atoms with E-state index in [4.69, 9.17) is 10.5 Å². The number of anilines is 1. The number of carbonyl (C=O) groups excluding carboxylic acids is 1. The van der Waals surface area contributed by atoms with Gasteiger partial charge in [-0.3, -0.25) is 4.79 Å².